The Bertz CT molecular complexity index is 838. The number of hydrogen-bond acceptors (Lipinski definition) is 3. The van der Waals surface area contributed by atoms with Crippen molar-refractivity contribution in [2.45, 2.75) is 11.4 Å². The molecule has 0 atom stereocenters. The number of amides is 1. The monoisotopic (exact) mass is 362 g/mol. The van der Waals surface area contributed by atoms with Crippen molar-refractivity contribution < 1.29 is 17.6 Å². The van der Waals surface area contributed by atoms with Crippen molar-refractivity contribution in [1.29, 1.82) is 0 Å². The van der Waals surface area contributed by atoms with Gasteiger partial charge in [-0.2, -0.15) is 4.31 Å². The van der Waals surface area contributed by atoms with E-state index in [9.17, 15) is 17.6 Å². The lowest BCUT2D eigenvalue weighted by molar-refractivity contribution is -0.121. The molecule has 0 fully saturated rings. The van der Waals surface area contributed by atoms with Gasteiger partial charge in [0.2, 0.25) is 15.9 Å². The van der Waals surface area contributed by atoms with Crippen LogP contribution in [0.25, 0.3) is 0 Å². The number of halogens is 1. The first-order valence-electron chi connectivity index (χ1n) is 7.61. The number of sulfonamides is 1. The van der Waals surface area contributed by atoms with E-state index in [1.807, 2.05) is 30.3 Å². The Kier molecular flexibility index (Phi) is 6.44. The summed E-state index contributed by atoms with van der Waals surface area (Å²) in [6.45, 7) is 3.26. The maximum atomic E-state index is 13.9. The van der Waals surface area contributed by atoms with Gasteiger partial charge in [-0.25, -0.2) is 12.8 Å². The molecule has 132 valence electrons. The number of benzene rings is 2. The van der Waals surface area contributed by atoms with Crippen LogP contribution in [0.15, 0.2) is 72.1 Å². The molecule has 0 aliphatic heterocycles. The summed E-state index contributed by atoms with van der Waals surface area (Å²) in [7, 11) is -4.15. The number of rotatable bonds is 8. The van der Waals surface area contributed by atoms with Crippen LogP contribution in [0.1, 0.15) is 5.56 Å². The summed E-state index contributed by atoms with van der Waals surface area (Å²) in [6.07, 6.45) is 1.35. The molecule has 0 radical (unpaired) electrons. The second-order valence-corrected chi connectivity index (χ2v) is 7.19. The summed E-state index contributed by atoms with van der Waals surface area (Å²) >= 11 is 0. The van der Waals surface area contributed by atoms with E-state index in [1.54, 1.807) is 0 Å². The van der Waals surface area contributed by atoms with Gasteiger partial charge in [-0.3, -0.25) is 4.79 Å². The molecule has 0 aliphatic rings. The third-order valence-corrected chi connectivity index (χ3v) is 5.28. The lowest BCUT2D eigenvalue weighted by Gasteiger charge is -2.20. The normalized spacial score (nSPS) is 11.3. The fraction of sp³-hybridized carbons (Fsp3) is 0.167. The smallest absolute Gasteiger partial charge is 0.246 e. The van der Waals surface area contributed by atoms with Crippen LogP contribution in [-0.2, 0) is 21.4 Å². The number of carbonyl (C=O) groups excluding carboxylic acids is 1. The molecule has 0 aromatic heterocycles. The van der Waals surface area contributed by atoms with Gasteiger partial charge in [0, 0.05) is 13.1 Å². The summed E-state index contributed by atoms with van der Waals surface area (Å²) in [5, 5.41) is 2.65. The van der Waals surface area contributed by atoms with Gasteiger partial charge < -0.3 is 5.32 Å². The number of nitrogens with one attached hydrogen (secondary N) is 1. The van der Waals surface area contributed by atoms with Gasteiger partial charge in [0.1, 0.15) is 10.7 Å². The molecule has 25 heavy (non-hydrogen) atoms. The van der Waals surface area contributed by atoms with Gasteiger partial charge in [0.05, 0.1) is 6.54 Å². The van der Waals surface area contributed by atoms with Crippen molar-refractivity contribution in [2.75, 3.05) is 13.1 Å². The van der Waals surface area contributed by atoms with E-state index < -0.39 is 33.2 Å². The van der Waals surface area contributed by atoms with E-state index >= 15 is 0 Å². The Morgan fingerprint density at radius 1 is 1.12 bits per heavy atom. The van der Waals surface area contributed by atoms with Crippen LogP contribution in [0, 0.1) is 5.82 Å². The third-order valence-electron chi connectivity index (χ3n) is 3.44. The van der Waals surface area contributed by atoms with Crippen LogP contribution in [0.5, 0.6) is 0 Å². The maximum absolute atomic E-state index is 13.9. The molecule has 7 heteroatoms. The molecule has 1 N–H and O–H groups in total. The SMILES string of the molecule is C=CCN(CC(=O)NCc1ccccc1)S(=O)(=O)c1ccccc1F. The molecule has 0 unspecified atom stereocenters. The summed E-state index contributed by atoms with van der Waals surface area (Å²) in [6, 6.07) is 14.3. The predicted molar refractivity (Wildman–Crippen MR) is 93.6 cm³/mol. The first-order chi connectivity index (χ1) is 11.9. The molecule has 2 aromatic rings. The molecule has 0 bridgehead atoms. The summed E-state index contributed by atoms with van der Waals surface area (Å²) in [5.74, 6) is -1.34. The molecule has 0 spiro atoms. The van der Waals surface area contributed by atoms with Crippen LogP contribution in [-0.4, -0.2) is 31.7 Å². The highest BCUT2D eigenvalue weighted by atomic mass is 32.2. The summed E-state index contributed by atoms with van der Waals surface area (Å²) in [4.78, 5) is 11.7. The van der Waals surface area contributed by atoms with Crippen molar-refractivity contribution in [3.8, 4) is 0 Å². The Hall–Kier alpha value is -2.51. The molecule has 5 nitrogen and oxygen atoms in total. The van der Waals surface area contributed by atoms with E-state index in [2.05, 4.69) is 11.9 Å². The highest BCUT2D eigenvalue weighted by molar-refractivity contribution is 7.89. The fourth-order valence-corrected chi connectivity index (χ4v) is 3.63. The van der Waals surface area contributed by atoms with E-state index in [1.165, 1.54) is 24.3 Å². The molecule has 2 rings (SSSR count). The molecule has 0 saturated carbocycles. The molecule has 2 aromatic carbocycles. The Balaban J connectivity index is 2.11. The van der Waals surface area contributed by atoms with Gasteiger partial charge in [-0.15, -0.1) is 6.58 Å². The van der Waals surface area contributed by atoms with Crippen LogP contribution >= 0.6 is 0 Å². The molecule has 1 amide bonds. The standard InChI is InChI=1S/C18H19FN2O3S/c1-2-12-21(25(23,24)17-11-7-6-10-16(17)19)14-18(22)20-13-15-8-4-3-5-9-15/h2-11H,1,12-14H2,(H,20,22). The number of carbonyl (C=O) groups is 1. The topological polar surface area (TPSA) is 66.5 Å². The van der Waals surface area contributed by atoms with Crippen molar-refractivity contribution in [3.05, 3.63) is 78.6 Å². The molecule has 0 heterocycles. The minimum absolute atomic E-state index is 0.102. The zero-order valence-electron chi connectivity index (χ0n) is 13.6. The predicted octanol–water partition coefficient (Wildman–Crippen LogP) is 2.32. The second-order valence-electron chi connectivity index (χ2n) is 5.28. The van der Waals surface area contributed by atoms with E-state index in [-0.39, 0.29) is 13.1 Å². The van der Waals surface area contributed by atoms with Gasteiger partial charge in [-0.05, 0) is 17.7 Å². The summed E-state index contributed by atoms with van der Waals surface area (Å²) in [5.41, 5.74) is 0.892. The van der Waals surface area contributed by atoms with Crippen molar-refractivity contribution >= 4 is 15.9 Å². The van der Waals surface area contributed by atoms with Gasteiger partial charge in [0.15, 0.2) is 0 Å². The quantitative estimate of drug-likeness (QED) is 0.733. The first-order valence-corrected chi connectivity index (χ1v) is 9.05. The zero-order valence-corrected chi connectivity index (χ0v) is 14.4. The van der Waals surface area contributed by atoms with Crippen LogP contribution in [0.4, 0.5) is 4.39 Å². The highest BCUT2D eigenvalue weighted by Gasteiger charge is 2.28. The molecule has 0 saturated heterocycles. The van der Waals surface area contributed by atoms with Crippen molar-refractivity contribution in [3.63, 3.8) is 0 Å². The van der Waals surface area contributed by atoms with Crippen LogP contribution in [0.2, 0.25) is 0 Å². The molecular weight excluding hydrogens is 343 g/mol. The highest BCUT2D eigenvalue weighted by Crippen LogP contribution is 2.18. The molecule has 0 aliphatic carbocycles. The number of nitrogens with zero attached hydrogens (tertiary/aromatic N) is 1. The van der Waals surface area contributed by atoms with E-state index in [4.69, 9.17) is 0 Å². The average Bonchev–Trinajstić information content (AvgIpc) is 2.60. The second kappa shape index (κ2) is 8.55. The first kappa shape index (κ1) is 18.8. The average molecular weight is 362 g/mol. The van der Waals surface area contributed by atoms with Crippen molar-refractivity contribution in [1.82, 2.24) is 9.62 Å². The minimum Gasteiger partial charge on any atom is -0.351 e. The lowest BCUT2D eigenvalue weighted by Crippen LogP contribution is -2.40. The van der Waals surface area contributed by atoms with Gasteiger partial charge >= 0.3 is 0 Å². The number of hydrogen-bond donors (Lipinski definition) is 1. The van der Waals surface area contributed by atoms with E-state index in [0.29, 0.717) is 0 Å². The van der Waals surface area contributed by atoms with Crippen molar-refractivity contribution in [2.24, 2.45) is 0 Å². The third kappa shape index (κ3) is 4.98. The summed E-state index contributed by atoms with van der Waals surface area (Å²) < 4.78 is 40.0. The largest absolute Gasteiger partial charge is 0.351 e. The maximum Gasteiger partial charge on any atom is 0.246 e. The lowest BCUT2D eigenvalue weighted by atomic mass is 10.2. The van der Waals surface area contributed by atoms with E-state index in [0.717, 1.165) is 15.9 Å². The Labute approximate surface area is 146 Å². The minimum atomic E-state index is -4.15. The zero-order chi connectivity index (χ0) is 18.3. The Morgan fingerprint density at radius 3 is 2.40 bits per heavy atom. The van der Waals surface area contributed by atoms with Gasteiger partial charge in [-0.1, -0.05) is 48.5 Å². The van der Waals surface area contributed by atoms with Crippen LogP contribution in [0.3, 0.4) is 0 Å². The Morgan fingerprint density at radius 2 is 1.76 bits per heavy atom. The van der Waals surface area contributed by atoms with Crippen LogP contribution < -0.4 is 5.32 Å². The molecular formula is C18H19FN2O3S. The van der Waals surface area contributed by atoms with Gasteiger partial charge in [0.25, 0.3) is 0 Å². The fourth-order valence-electron chi connectivity index (χ4n) is 2.20.